The van der Waals surface area contributed by atoms with Crippen LogP contribution in [0.3, 0.4) is 0 Å². The molecule has 4 nitrogen and oxygen atoms in total. The van der Waals surface area contributed by atoms with Crippen molar-refractivity contribution in [1.29, 1.82) is 0 Å². The highest BCUT2D eigenvalue weighted by Crippen LogP contribution is 2.25. The van der Waals surface area contributed by atoms with Crippen LogP contribution >= 0.6 is 23.4 Å². The van der Waals surface area contributed by atoms with Gasteiger partial charge in [0.1, 0.15) is 0 Å². The molecule has 24 heavy (non-hydrogen) atoms. The van der Waals surface area contributed by atoms with Crippen molar-refractivity contribution in [2.45, 2.75) is 24.7 Å². The molecule has 2 rings (SSSR count). The minimum atomic E-state index is -0.582. The standard InChI is InChI=1S/C18H20ClNO3S/c1-12(18(22)20-23)24-11-10-17(21)15-4-2-13(3-5-15)14-6-8-16(19)9-7-14/h2-9,12,17,21,23H,10-11H2,1H3,(H,20,22). The van der Waals surface area contributed by atoms with Crippen molar-refractivity contribution in [1.82, 2.24) is 5.48 Å². The molecule has 0 aliphatic rings. The Balaban J connectivity index is 1.90. The van der Waals surface area contributed by atoms with E-state index in [-0.39, 0.29) is 5.25 Å². The molecular weight excluding hydrogens is 346 g/mol. The monoisotopic (exact) mass is 365 g/mol. The molecule has 0 saturated heterocycles. The zero-order chi connectivity index (χ0) is 17.5. The summed E-state index contributed by atoms with van der Waals surface area (Å²) in [5.74, 6) is 0.191. The van der Waals surface area contributed by atoms with E-state index in [9.17, 15) is 9.90 Å². The lowest BCUT2D eigenvalue weighted by Gasteiger charge is -2.13. The molecule has 3 N–H and O–H groups in total. The molecule has 0 aliphatic carbocycles. The van der Waals surface area contributed by atoms with Crippen molar-refractivity contribution in [3.8, 4) is 11.1 Å². The fourth-order valence-electron chi connectivity index (χ4n) is 2.23. The third-order valence-electron chi connectivity index (χ3n) is 3.71. The highest BCUT2D eigenvalue weighted by atomic mass is 35.5. The average Bonchev–Trinajstić information content (AvgIpc) is 2.61. The molecule has 2 aromatic carbocycles. The van der Waals surface area contributed by atoms with Gasteiger partial charge in [0.2, 0.25) is 0 Å². The summed E-state index contributed by atoms with van der Waals surface area (Å²) in [4.78, 5) is 11.2. The Morgan fingerprint density at radius 1 is 1.12 bits per heavy atom. The SMILES string of the molecule is CC(SCCC(O)c1ccc(-c2ccc(Cl)cc2)cc1)C(=O)NO. The Morgan fingerprint density at radius 2 is 1.67 bits per heavy atom. The lowest BCUT2D eigenvalue weighted by molar-refractivity contribution is -0.128. The number of carbonyl (C=O) groups is 1. The summed E-state index contributed by atoms with van der Waals surface area (Å²) in [6.45, 7) is 1.71. The molecule has 0 radical (unpaired) electrons. The molecule has 6 heteroatoms. The van der Waals surface area contributed by atoms with Gasteiger partial charge in [0.25, 0.3) is 5.91 Å². The summed E-state index contributed by atoms with van der Waals surface area (Å²) in [5, 5.41) is 19.2. The van der Waals surface area contributed by atoms with Crippen molar-refractivity contribution in [3.63, 3.8) is 0 Å². The number of hydroxylamine groups is 1. The van der Waals surface area contributed by atoms with Crippen LogP contribution in [-0.2, 0) is 4.79 Å². The smallest absolute Gasteiger partial charge is 0.256 e. The van der Waals surface area contributed by atoms with Gasteiger partial charge in [-0.2, -0.15) is 0 Å². The molecule has 0 fully saturated rings. The second kappa shape index (κ2) is 9.08. The summed E-state index contributed by atoms with van der Waals surface area (Å²) in [6.07, 6.45) is -0.0465. The normalized spacial score (nSPS) is 13.3. The molecule has 1 amide bonds. The van der Waals surface area contributed by atoms with Crippen molar-refractivity contribution in [2.75, 3.05) is 5.75 Å². The Labute approximate surface area is 150 Å². The number of aliphatic hydroxyl groups excluding tert-OH is 1. The number of carbonyl (C=O) groups excluding carboxylic acids is 1. The first-order valence-corrected chi connectivity index (χ1v) is 9.03. The van der Waals surface area contributed by atoms with Gasteiger partial charge in [-0.05, 0) is 47.9 Å². The van der Waals surface area contributed by atoms with Gasteiger partial charge in [-0.3, -0.25) is 10.0 Å². The lowest BCUT2D eigenvalue weighted by Crippen LogP contribution is -2.28. The van der Waals surface area contributed by atoms with E-state index in [1.165, 1.54) is 11.8 Å². The van der Waals surface area contributed by atoms with Gasteiger partial charge >= 0.3 is 0 Å². The maximum Gasteiger partial charge on any atom is 0.256 e. The molecule has 0 saturated carbocycles. The maximum atomic E-state index is 11.2. The number of hydrogen-bond acceptors (Lipinski definition) is 4. The maximum absolute atomic E-state index is 11.2. The van der Waals surface area contributed by atoms with E-state index in [1.54, 1.807) is 12.4 Å². The second-order valence-corrected chi connectivity index (χ2v) is 7.31. The topological polar surface area (TPSA) is 69.6 Å². The summed E-state index contributed by atoms with van der Waals surface area (Å²) in [5.41, 5.74) is 4.60. The zero-order valence-corrected chi connectivity index (χ0v) is 14.8. The van der Waals surface area contributed by atoms with Gasteiger partial charge in [0.05, 0.1) is 11.4 Å². The van der Waals surface area contributed by atoms with Gasteiger partial charge < -0.3 is 5.11 Å². The number of benzene rings is 2. The Hall–Kier alpha value is -1.53. The van der Waals surface area contributed by atoms with E-state index in [2.05, 4.69) is 0 Å². The van der Waals surface area contributed by atoms with Crippen LogP contribution in [0.25, 0.3) is 11.1 Å². The molecule has 2 aromatic rings. The van der Waals surface area contributed by atoms with E-state index < -0.39 is 12.0 Å². The summed E-state index contributed by atoms with van der Waals surface area (Å²) >= 11 is 7.28. The molecule has 128 valence electrons. The van der Waals surface area contributed by atoms with Gasteiger partial charge in [-0.15, -0.1) is 11.8 Å². The first-order valence-electron chi connectivity index (χ1n) is 7.60. The van der Waals surface area contributed by atoms with Gasteiger partial charge in [-0.25, -0.2) is 5.48 Å². The quantitative estimate of drug-likeness (QED) is 0.511. The van der Waals surface area contributed by atoms with Crippen LogP contribution in [0.2, 0.25) is 5.02 Å². The van der Waals surface area contributed by atoms with E-state index in [1.807, 2.05) is 48.5 Å². The third kappa shape index (κ3) is 5.24. The fraction of sp³-hybridized carbons (Fsp3) is 0.278. The van der Waals surface area contributed by atoms with Crippen LogP contribution in [0.4, 0.5) is 0 Å². The van der Waals surface area contributed by atoms with E-state index >= 15 is 0 Å². The first-order chi connectivity index (χ1) is 11.5. The van der Waals surface area contributed by atoms with Crippen LogP contribution in [-0.4, -0.2) is 27.2 Å². The third-order valence-corrected chi connectivity index (χ3v) is 5.15. The van der Waals surface area contributed by atoms with Crippen LogP contribution < -0.4 is 5.48 Å². The molecule has 0 aromatic heterocycles. The molecule has 0 spiro atoms. The first kappa shape index (κ1) is 18.8. The van der Waals surface area contributed by atoms with Crippen LogP contribution in [0.5, 0.6) is 0 Å². The summed E-state index contributed by atoms with van der Waals surface area (Å²) in [6, 6.07) is 15.4. The number of halogens is 1. The van der Waals surface area contributed by atoms with Crippen molar-refractivity contribution in [3.05, 3.63) is 59.1 Å². The predicted octanol–water partition coefficient (Wildman–Crippen LogP) is 4.06. The summed E-state index contributed by atoms with van der Waals surface area (Å²) in [7, 11) is 0. The highest BCUT2D eigenvalue weighted by Gasteiger charge is 2.14. The van der Waals surface area contributed by atoms with E-state index in [0.29, 0.717) is 17.2 Å². The lowest BCUT2D eigenvalue weighted by atomic mass is 10.0. The Kier molecular flexibility index (Phi) is 7.12. The number of rotatable bonds is 7. The molecule has 2 unspecified atom stereocenters. The van der Waals surface area contributed by atoms with Gasteiger partial charge in [0.15, 0.2) is 0 Å². The number of amides is 1. The van der Waals surface area contributed by atoms with E-state index in [0.717, 1.165) is 16.7 Å². The average molecular weight is 366 g/mol. The molecule has 0 bridgehead atoms. The highest BCUT2D eigenvalue weighted by molar-refractivity contribution is 8.00. The van der Waals surface area contributed by atoms with Crippen LogP contribution in [0.15, 0.2) is 48.5 Å². The Bertz CT molecular complexity index is 661. The van der Waals surface area contributed by atoms with Gasteiger partial charge in [-0.1, -0.05) is 48.0 Å². The molecule has 0 heterocycles. The second-order valence-electron chi connectivity index (χ2n) is 5.42. The van der Waals surface area contributed by atoms with E-state index in [4.69, 9.17) is 16.8 Å². The fourth-order valence-corrected chi connectivity index (χ4v) is 3.27. The predicted molar refractivity (Wildman–Crippen MR) is 98.3 cm³/mol. The minimum Gasteiger partial charge on any atom is -0.388 e. The van der Waals surface area contributed by atoms with Crippen molar-refractivity contribution < 1.29 is 15.1 Å². The van der Waals surface area contributed by atoms with Gasteiger partial charge in [0, 0.05) is 5.02 Å². The van der Waals surface area contributed by atoms with Crippen LogP contribution in [0, 0.1) is 0 Å². The molecular formula is C18H20ClNO3S. The summed E-state index contributed by atoms with van der Waals surface area (Å²) < 4.78 is 0. The number of nitrogens with one attached hydrogen (secondary N) is 1. The molecule has 0 aliphatic heterocycles. The minimum absolute atomic E-state index is 0.352. The Morgan fingerprint density at radius 3 is 2.21 bits per heavy atom. The largest absolute Gasteiger partial charge is 0.388 e. The number of thioether (sulfide) groups is 1. The molecule has 2 atom stereocenters. The van der Waals surface area contributed by atoms with Crippen molar-refractivity contribution >= 4 is 29.3 Å². The zero-order valence-electron chi connectivity index (χ0n) is 13.3. The van der Waals surface area contributed by atoms with Crippen molar-refractivity contribution in [2.24, 2.45) is 0 Å². The number of hydrogen-bond donors (Lipinski definition) is 3. The van der Waals surface area contributed by atoms with Crippen LogP contribution in [0.1, 0.15) is 25.0 Å². The number of aliphatic hydroxyl groups is 1.